The lowest BCUT2D eigenvalue weighted by Gasteiger charge is -2.24. The van der Waals surface area contributed by atoms with E-state index >= 15 is 0 Å². The van der Waals surface area contributed by atoms with Crippen LogP contribution in [0.15, 0.2) is 0 Å². The summed E-state index contributed by atoms with van der Waals surface area (Å²) in [7, 11) is 3.28. The summed E-state index contributed by atoms with van der Waals surface area (Å²) < 4.78 is 5.41. The predicted octanol–water partition coefficient (Wildman–Crippen LogP) is 0.585. The highest BCUT2D eigenvalue weighted by Gasteiger charge is 2.43. The monoisotopic (exact) mass is 156 g/mol. The first-order chi connectivity index (χ1) is 4.81. The Bertz CT molecular complexity index is 135. The van der Waals surface area contributed by atoms with E-state index in [2.05, 4.69) is 0 Å². The molecule has 2 rings (SSSR count). The molecule has 58 valence electrons. The van der Waals surface area contributed by atoms with Crippen molar-refractivity contribution in [3.63, 3.8) is 0 Å². The Morgan fingerprint density at radius 3 is 2.40 bits per heavy atom. The van der Waals surface area contributed by atoms with Crippen LogP contribution in [0.25, 0.3) is 0 Å². The van der Waals surface area contributed by atoms with Gasteiger partial charge < -0.3 is 4.74 Å². The van der Waals surface area contributed by atoms with E-state index in [1.54, 1.807) is 0 Å². The van der Waals surface area contributed by atoms with Crippen LogP contribution in [0.1, 0.15) is 19.3 Å². The third-order valence-corrected chi connectivity index (χ3v) is 4.86. The molecule has 2 heteroatoms. The van der Waals surface area contributed by atoms with Crippen molar-refractivity contribution in [2.24, 2.45) is 11.8 Å². The Hall–Kier alpha value is 0.177. The van der Waals surface area contributed by atoms with E-state index in [1.165, 1.54) is 29.5 Å². The fourth-order valence-electron chi connectivity index (χ4n) is 2.80. The quantitative estimate of drug-likeness (QED) is 0.505. The van der Waals surface area contributed by atoms with Crippen molar-refractivity contribution in [1.29, 1.82) is 0 Å². The van der Waals surface area contributed by atoms with Crippen LogP contribution < -0.4 is 0 Å². The van der Waals surface area contributed by atoms with Crippen LogP contribution in [-0.2, 0) is 4.74 Å². The van der Waals surface area contributed by atoms with Gasteiger partial charge in [0.2, 0.25) is 0 Å². The molecule has 0 spiro atoms. The van der Waals surface area contributed by atoms with E-state index in [4.69, 9.17) is 4.74 Å². The number of fused-ring (bicyclic) bond motifs is 2. The van der Waals surface area contributed by atoms with E-state index in [9.17, 15) is 0 Å². The molecule has 0 amide bonds. The third kappa shape index (κ3) is 0.856. The fourth-order valence-corrected chi connectivity index (χ4v) is 3.95. The van der Waals surface area contributed by atoms with E-state index in [-0.39, 0.29) is 0 Å². The van der Waals surface area contributed by atoms with E-state index in [0.29, 0.717) is 6.10 Å². The van der Waals surface area contributed by atoms with Gasteiger partial charge in [0.15, 0.2) is 0 Å². The second-order valence-electron chi connectivity index (χ2n) is 3.98. The summed E-state index contributed by atoms with van der Waals surface area (Å²) in [5.74, 6) is 2.00. The minimum Gasteiger partial charge on any atom is -0.381 e. The molecule has 0 aromatic heterocycles. The van der Waals surface area contributed by atoms with Crippen LogP contribution in [0.4, 0.5) is 0 Å². The van der Waals surface area contributed by atoms with Crippen molar-refractivity contribution in [3.8, 4) is 0 Å². The molecule has 0 saturated heterocycles. The smallest absolute Gasteiger partial charge is 0.0602 e. The summed E-state index contributed by atoms with van der Waals surface area (Å²) >= 11 is 0. The summed E-state index contributed by atoms with van der Waals surface area (Å²) in [6.07, 6.45) is 4.97. The maximum absolute atomic E-state index is 5.41. The van der Waals surface area contributed by atoms with E-state index in [1.807, 2.05) is 7.11 Å². The number of hydrogen-bond donors (Lipinski definition) is 0. The molecular weight excluding hydrogens is 140 g/mol. The number of hydrogen-bond acceptors (Lipinski definition) is 1. The molecule has 2 bridgehead atoms. The van der Waals surface area contributed by atoms with Gasteiger partial charge in [0.05, 0.1) is 6.10 Å². The Morgan fingerprint density at radius 2 is 2.00 bits per heavy atom. The van der Waals surface area contributed by atoms with Gasteiger partial charge in [0, 0.05) is 17.4 Å². The van der Waals surface area contributed by atoms with Crippen LogP contribution in [0, 0.1) is 11.8 Å². The zero-order valence-electron chi connectivity index (χ0n) is 6.84. The highest BCUT2D eigenvalue weighted by Crippen LogP contribution is 2.51. The van der Waals surface area contributed by atoms with Gasteiger partial charge in [-0.15, -0.1) is 0 Å². The van der Waals surface area contributed by atoms with Crippen LogP contribution >= 0.6 is 0 Å². The Balaban J connectivity index is 2.02. The molecule has 0 aromatic carbocycles. The van der Waals surface area contributed by atoms with E-state index in [0.717, 1.165) is 17.4 Å². The molecule has 0 radical (unpaired) electrons. The Labute approximate surface area is 65.6 Å². The average molecular weight is 156 g/mol. The van der Waals surface area contributed by atoms with Crippen molar-refractivity contribution in [3.05, 3.63) is 0 Å². The summed E-state index contributed by atoms with van der Waals surface area (Å²) in [5, 5.41) is 0. The van der Waals surface area contributed by atoms with Gasteiger partial charge >= 0.3 is 0 Å². The van der Waals surface area contributed by atoms with Gasteiger partial charge in [0.1, 0.15) is 0 Å². The van der Waals surface area contributed by atoms with Gasteiger partial charge in [-0.25, -0.2) is 0 Å². The molecule has 4 unspecified atom stereocenters. The van der Waals surface area contributed by atoms with Crippen molar-refractivity contribution < 1.29 is 4.74 Å². The lowest BCUT2D eigenvalue weighted by atomic mass is 9.97. The molecule has 10 heavy (non-hydrogen) atoms. The van der Waals surface area contributed by atoms with Crippen LogP contribution in [0.3, 0.4) is 0 Å². The highest BCUT2D eigenvalue weighted by molar-refractivity contribution is 6.12. The molecule has 0 N–H and O–H groups in total. The maximum Gasteiger partial charge on any atom is 0.0602 e. The molecule has 0 aromatic rings. The topological polar surface area (TPSA) is 9.23 Å². The summed E-state index contributed by atoms with van der Waals surface area (Å²) in [4.78, 5) is 0. The molecule has 2 fully saturated rings. The van der Waals surface area contributed by atoms with Crippen molar-refractivity contribution in [1.82, 2.24) is 0 Å². The third-order valence-electron chi connectivity index (χ3n) is 3.45. The van der Waals surface area contributed by atoms with Crippen LogP contribution in [-0.4, -0.2) is 23.5 Å². The number of ether oxygens (including phenoxy) is 1. The SMILES string of the molecule is COC1CC2CC1CC2[SiH3]. The lowest BCUT2D eigenvalue weighted by molar-refractivity contribution is 0.0574. The minimum absolute atomic E-state index is 0.634. The van der Waals surface area contributed by atoms with Crippen LogP contribution in [0.5, 0.6) is 0 Å². The first kappa shape index (κ1) is 6.86. The van der Waals surface area contributed by atoms with Crippen molar-refractivity contribution in [2.75, 3.05) is 7.11 Å². The standard InChI is InChI=1S/C8H16OSi/c1-9-7-3-6-2-5(7)4-8(6)10/h5-8H,2-4H2,1,10H3. The molecular formula is C8H16OSi. The normalized spacial score (nSPS) is 52.5. The highest BCUT2D eigenvalue weighted by atomic mass is 28.1. The Kier molecular flexibility index (Phi) is 1.61. The average Bonchev–Trinajstić information content (AvgIpc) is 2.44. The zero-order chi connectivity index (χ0) is 7.14. The molecule has 2 aliphatic carbocycles. The van der Waals surface area contributed by atoms with Gasteiger partial charge in [-0.3, -0.25) is 0 Å². The first-order valence-corrected chi connectivity index (χ1v) is 5.49. The molecule has 1 nitrogen and oxygen atoms in total. The second-order valence-corrected chi connectivity index (χ2v) is 5.46. The first-order valence-electron chi connectivity index (χ1n) is 4.34. The largest absolute Gasteiger partial charge is 0.381 e. The van der Waals surface area contributed by atoms with Crippen LogP contribution in [0.2, 0.25) is 5.54 Å². The lowest BCUT2D eigenvalue weighted by Crippen LogP contribution is -2.21. The summed E-state index contributed by atoms with van der Waals surface area (Å²) in [6.45, 7) is 0. The fraction of sp³-hybridized carbons (Fsp3) is 1.00. The van der Waals surface area contributed by atoms with Gasteiger partial charge in [0.25, 0.3) is 0 Å². The number of rotatable bonds is 1. The van der Waals surface area contributed by atoms with Gasteiger partial charge in [-0.1, -0.05) is 5.54 Å². The van der Waals surface area contributed by atoms with Crippen molar-refractivity contribution >= 4 is 10.2 Å². The molecule has 4 atom stereocenters. The summed E-state index contributed by atoms with van der Waals surface area (Å²) in [5.41, 5.74) is 1.12. The second kappa shape index (κ2) is 2.34. The maximum atomic E-state index is 5.41. The number of methoxy groups -OCH3 is 1. The predicted molar refractivity (Wildman–Crippen MR) is 45.3 cm³/mol. The van der Waals surface area contributed by atoms with E-state index < -0.39 is 0 Å². The molecule has 2 saturated carbocycles. The molecule has 0 heterocycles. The minimum atomic E-state index is 0.634. The Morgan fingerprint density at radius 1 is 1.20 bits per heavy atom. The summed E-state index contributed by atoms with van der Waals surface area (Å²) in [6, 6.07) is 0. The van der Waals surface area contributed by atoms with Gasteiger partial charge in [-0.05, 0) is 31.1 Å². The van der Waals surface area contributed by atoms with Crippen molar-refractivity contribution in [2.45, 2.75) is 30.9 Å². The zero-order valence-corrected chi connectivity index (χ0v) is 8.84. The molecule has 0 aliphatic heterocycles. The molecule has 2 aliphatic rings. The van der Waals surface area contributed by atoms with Gasteiger partial charge in [-0.2, -0.15) is 0 Å².